The molecule has 0 aromatic carbocycles. The van der Waals surface area contributed by atoms with Gasteiger partial charge in [-0.25, -0.2) is 0 Å². The maximum absolute atomic E-state index is 10.7. The van der Waals surface area contributed by atoms with E-state index >= 15 is 0 Å². The first-order valence-electron chi connectivity index (χ1n) is 6.53. The Morgan fingerprint density at radius 3 is 2.84 bits per heavy atom. The lowest BCUT2D eigenvalue weighted by atomic mass is 9.95. The fourth-order valence-electron chi connectivity index (χ4n) is 2.27. The van der Waals surface area contributed by atoms with Gasteiger partial charge in [0.2, 0.25) is 0 Å². The smallest absolute Gasteiger partial charge is 0.274 e. The van der Waals surface area contributed by atoms with E-state index in [1.54, 1.807) is 18.5 Å². The van der Waals surface area contributed by atoms with Gasteiger partial charge in [0.1, 0.15) is 0 Å². The summed E-state index contributed by atoms with van der Waals surface area (Å²) in [6.45, 7) is 0. The average Bonchev–Trinajstić information content (AvgIpc) is 2.40. The lowest BCUT2D eigenvalue weighted by Gasteiger charge is -2.24. The molecular formula is C13H18N4O2. The van der Waals surface area contributed by atoms with Crippen LogP contribution in [0.5, 0.6) is 0 Å². The fourth-order valence-corrected chi connectivity index (χ4v) is 2.27. The summed E-state index contributed by atoms with van der Waals surface area (Å²) in [5, 5.41) is 16.9. The molecule has 2 rings (SSSR count). The highest BCUT2D eigenvalue weighted by atomic mass is 16.6. The van der Waals surface area contributed by atoms with Crippen molar-refractivity contribution in [2.24, 2.45) is 0 Å². The van der Waals surface area contributed by atoms with Crippen LogP contribution in [0.15, 0.2) is 36.5 Å². The van der Waals surface area contributed by atoms with Gasteiger partial charge >= 0.3 is 0 Å². The van der Waals surface area contributed by atoms with E-state index in [0.717, 1.165) is 24.7 Å². The molecule has 0 spiro atoms. The van der Waals surface area contributed by atoms with Crippen LogP contribution >= 0.6 is 0 Å². The molecule has 1 fully saturated rings. The van der Waals surface area contributed by atoms with Crippen molar-refractivity contribution in [1.29, 1.82) is 0 Å². The van der Waals surface area contributed by atoms with Crippen LogP contribution in [0, 0.1) is 10.1 Å². The number of nitrogens with zero attached hydrogens (tertiary/aromatic N) is 2. The van der Waals surface area contributed by atoms with Crippen molar-refractivity contribution in [2.45, 2.75) is 38.1 Å². The second kappa shape index (κ2) is 6.72. The van der Waals surface area contributed by atoms with Gasteiger partial charge in [-0.15, -0.1) is 0 Å². The minimum atomic E-state index is -0.450. The molecule has 0 saturated heterocycles. The molecular weight excluding hydrogens is 244 g/mol. The zero-order chi connectivity index (χ0) is 13.5. The standard InChI is InChI=1S/C13H18N4O2/c18-17(19)10-13(15-11-5-2-1-3-6-11)16-12-7-4-8-14-9-12/h4,7-11,15-16H,1-3,5-6H2/b13-10+. The number of nitro groups is 1. The average molecular weight is 262 g/mol. The molecule has 0 aliphatic heterocycles. The third-order valence-corrected chi connectivity index (χ3v) is 3.14. The van der Waals surface area contributed by atoms with Gasteiger partial charge in [-0.3, -0.25) is 15.1 Å². The van der Waals surface area contributed by atoms with Crippen molar-refractivity contribution in [1.82, 2.24) is 10.3 Å². The number of nitrogens with one attached hydrogen (secondary N) is 2. The monoisotopic (exact) mass is 262 g/mol. The number of hydrogen-bond donors (Lipinski definition) is 2. The summed E-state index contributed by atoms with van der Waals surface area (Å²) in [6.07, 6.45) is 10.00. The second-order valence-electron chi connectivity index (χ2n) is 4.67. The molecule has 0 atom stereocenters. The van der Waals surface area contributed by atoms with Gasteiger partial charge < -0.3 is 10.6 Å². The molecule has 0 bridgehead atoms. The molecule has 0 amide bonds. The normalized spacial score (nSPS) is 16.9. The summed E-state index contributed by atoms with van der Waals surface area (Å²) in [5.74, 6) is 0.421. The Kier molecular flexibility index (Phi) is 4.72. The van der Waals surface area contributed by atoms with Crippen LogP contribution in [0.1, 0.15) is 32.1 Å². The Bertz CT molecular complexity index is 441. The Labute approximate surface area is 112 Å². The van der Waals surface area contributed by atoms with E-state index in [2.05, 4.69) is 15.6 Å². The van der Waals surface area contributed by atoms with Crippen molar-refractivity contribution in [2.75, 3.05) is 5.32 Å². The van der Waals surface area contributed by atoms with Gasteiger partial charge in [0.25, 0.3) is 6.20 Å². The van der Waals surface area contributed by atoms with Crippen LogP contribution in [-0.4, -0.2) is 15.9 Å². The lowest BCUT2D eigenvalue weighted by Crippen LogP contribution is -2.33. The van der Waals surface area contributed by atoms with Crippen molar-refractivity contribution >= 4 is 5.69 Å². The maximum atomic E-state index is 10.7. The third kappa shape index (κ3) is 4.57. The molecule has 1 aliphatic carbocycles. The van der Waals surface area contributed by atoms with Gasteiger partial charge in [-0.1, -0.05) is 19.3 Å². The second-order valence-corrected chi connectivity index (χ2v) is 4.67. The van der Waals surface area contributed by atoms with Gasteiger partial charge in [0.05, 0.1) is 16.8 Å². The topological polar surface area (TPSA) is 80.1 Å². The summed E-state index contributed by atoms with van der Waals surface area (Å²) in [7, 11) is 0. The van der Waals surface area contributed by atoms with Crippen molar-refractivity contribution in [3.8, 4) is 0 Å². The number of hydrogen-bond acceptors (Lipinski definition) is 5. The molecule has 0 radical (unpaired) electrons. The van der Waals surface area contributed by atoms with E-state index in [0.29, 0.717) is 11.9 Å². The summed E-state index contributed by atoms with van der Waals surface area (Å²) in [5.41, 5.74) is 0.735. The first-order valence-corrected chi connectivity index (χ1v) is 6.53. The van der Waals surface area contributed by atoms with Crippen molar-refractivity contribution in [3.05, 3.63) is 46.7 Å². The molecule has 0 unspecified atom stereocenters. The maximum Gasteiger partial charge on any atom is 0.274 e. The Morgan fingerprint density at radius 2 is 2.21 bits per heavy atom. The Hall–Kier alpha value is -2.11. The minimum Gasteiger partial charge on any atom is -0.364 e. The molecule has 1 heterocycles. The van der Waals surface area contributed by atoms with Crippen LogP contribution in [0.4, 0.5) is 5.69 Å². The highest BCUT2D eigenvalue weighted by Crippen LogP contribution is 2.18. The van der Waals surface area contributed by atoms with Crippen LogP contribution in [0.2, 0.25) is 0 Å². The molecule has 6 heteroatoms. The molecule has 1 aliphatic rings. The van der Waals surface area contributed by atoms with E-state index in [1.165, 1.54) is 19.3 Å². The molecule has 1 aromatic rings. The van der Waals surface area contributed by atoms with Crippen LogP contribution in [0.25, 0.3) is 0 Å². The highest BCUT2D eigenvalue weighted by Gasteiger charge is 2.15. The number of pyridine rings is 1. The van der Waals surface area contributed by atoms with Crippen LogP contribution < -0.4 is 10.6 Å². The number of aromatic nitrogens is 1. The van der Waals surface area contributed by atoms with E-state index in [9.17, 15) is 10.1 Å². The van der Waals surface area contributed by atoms with E-state index < -0.39 is 4.92 Å². The van der Waals surface area contributed by atoms with Crippen LogP contribution in [0.3, 0.4) is 0 Å². The Balaban J connectivity index is 2.01. The molecule has 6 nitrogen and oxygen atoms in total. The quantitative estimate of drug-likeness (QED) is 0.629. The van der Waals surface area contributed by atoms with E-state index in [-0.39, 0.29) is 0 Å². The van der Waals surface area contributed by atoms with Gasteiger partial charge in [0, 0.05) is 12.2 Å². The SMILES string of the molecule is O=[N+]([O-])/C=C(/Nc1cccnc1)NC1CCCCC1. The number of anilines is 1. The highest BCUT2D eigenvalue weighted by molar-refractivity contribution is 5.45. The van der Waals surface area contributed by atoms with Crippen molar-refractivity contribution in [3.63, 3.8) is 0 Å². The van der Waals surface area contributed by atoms with Gasteiger partial charge in [-0.2, -0.15) is 0 Å². The third-order valence-electron chi connectivity index (χ3n) is 3.14. The summed E-state index contributed by atoms with van der Waals surface area (Å²) >= 11 is 0. The predicted octanol–water partition coefficient (Wildman–Crippen LogP) is 2.49. The molecule has 2 N–H and O–H groups in total. The Morgan fingerprint density at radius 1 is 1.42 bits per heavy atom. The van der Waals surface area contributed by atoms with E-state index in [1.807, 2.05) is 6.07 Å². The molecule has 102 valence electrons. The van der Waals surface area contributed by atoms with Crippen LogP contribution in [-0.2, 0) is 0 Å². The molecule has 1 aromatic heterocycles. The minimum absolute atomic E-state index is 0.309. The van der Waals surface area contributed by atoms with Crippen molar-refractivity contribution < 1.29 is 4.92 Å². The lowest BCUT2D eigenvalue weighted by molar-refractivity contribution is -0.403. The molecule has 19 heavy (non-hydrogen) atoms. The summed E-state index contributed by atoms with van der Waals surface area (Å²) in [4.78, 5) is 14.2. The zero-order valence-electron chi connectivity index (χ0n) is 10.7. The zero-order valence-corrected chi connectivity index (χ0v) is 10.7. The van der Waals surface area contributed by atoms with E-state index in [4.69, 9.17) is 0 Å². The predicted molar refractivity (Wildman–Crippen MR) is 72.9 cm³/mol. The van der Waals surface area contributed by atoms with Gasteiger partial charge in [0.15, 0.2) is 5.82 Å². The first kappa shape index (κ1) is 13.3. The first-order chi connectivity index (χ1) is 9.24. The fraction of sp³-hybridized carbons (Fsp3) is 0.462. The molecule has 1 saturated carbocycles. The number of rotatable bonds is 5. The summed E-state index contributed by atoms with van der Waals surface area (Å²) in [6, 6.07) is 3.92. The van der Waals surface area contributed by atoms with Gasteiger partial charge in [-0.05, 0) is 25.0 Å². The largest absolute Gasteiger partial charge is 0.364 e. The summed E-state index contributed by atoms with van der Waals surface area (Å²) < 4.78 is 0.